The average Bonchev–Trinajstić information content (AvgIpc) is 2.67. The predicted molar refractivity (Wildman–Crippen MR) is 69.0 cm³/mol. The predicted octanol–water partition coefficient (Wildman–Crippen LogP) is 2.21. The number of amides is 1. The smallest absolute Gasteiger partial charge is 0.258 e. The monoisotopic (exact) mass is 300 g/mol. The van der Waals surface area contributed by atoms with Crippen molar-refractivity contribution in [3.63, 3.8) is 0 Å². The van der Waals surface area contributed by atoms with Crippen LogP contribution in [0.15, 0.2) is 21.4 Å². The fourth-order valence-corrected chi connectivity index (χ4v) is 2.44. The van der Waals surface area contributed by atoms with Crippen molar-refractivity contribution in [2.45, 2.75) is 19.4 Å². The Labute approximate surface area is 110 Å². The van der Waals surface area contributed by atoms with Crippen molar-refractivity contribution in [1.82, 2.24) is 9.80 Å². The van der Waals surface area contributed by atoms with Crippen LogP contribution in [0.2, 0.25) is 0 Å². The van der Waals surface area contributed by atoms with Gasteiger partial charge in [0.05, 0.1) is 11.8 Å². The van der Waals surface area contributed by atoms with Crippen molar-refractivity contribution in [2.24, 2.45) is 0 Å². The first-order chi connectivity index (χ1) is 7.92. The number of hydrogen-bond acceptors (Lipinski definition) is 3. The summed E-state index contributed by atoms with van der Waals surface area (Å²) in [5, 5.41) is 0. The van der Waals surface area contributed by atoms with Crippen LogP contribution >= 0.6 is 15.9 Å². The minimum atomic E-state index is 0.0180. The molecular formula is C12H17BrN2O2. The summed E-state index contributed by atoms with van der Waals surface area (Å²) >= 11 is 3.25. The van der Waals surface area contributed by atoms with E-state index in [9.17, 15) is 4.79 Å². The third-order valence-corrected chi connectivity index (χ3v) is 4.07. The summed E-state index contributed by atoms with van der Waals surface area (Å²) in [4.78, 5) is 16.5. The van der Waals surface area contributed by atoms with Crippen molar-refractivity contribution in [1.29, 1.82) is 0 Å². The molecule has 0 atom stereocenters. The Morgan fingerprint density at radius 2 is 2.18 bits per heavy atom. The maximum absolute atomic E-state index is 12.3. The second-order valence-electron chi connectivity index (χ2n) is 5.07. The maximum atomic E-state index is 12.3. The molecular weight excluding hydrogens is 284 g/mol. The van der Waals surface area contributed by atoms with E-state index in [0.717, 1.165) is 19.6 Å². The van der Waals surface area contributed by atoms with Crippen molar-refractivity contribution < 1.29 is 9.21 Å². The number of carbonyl (C=O) groups is 1. The molecule has 0 radical (unpaired) electrons. The van der Waals surface area contributed by atoms with Crippen LogP contribution in [0.3, 0.4) is 0 Å². The zero-order chi connectivity index (χ0) is 12.6. The van der Waals surface area contributed by atoms with E-state index in [0.29, 0.717) is 10.2 Å². The number of furan rings is 1. The lowest BCUT2D eigenvalue weighted by Crippen LogP contribution is -2.58. The average molecular weight is 301 g/mol. The molecule has 0 bridgehead atoms. The highest BCUT2D eigenvalue weighted by Crippen LogP contribution is 2.24. The molecule has 1 aromatic rings. The van der Waals surface area contributed by atoms with Crippen LogP contribution < -0.4 is 0 Å². The van der Waals surface area contributed by atoms with E-state index in [1.54, 1.807) is 6.07 Å². The van der Waals surface area contributed by atoms with Gasteiger partial charge >= 0.3 is 0 Å². The van der Waals surface area contributed by atoms with Crippen LogP contribution in [0.25, 0.3) is 0 Å². The van der Waals surface area contributed by atoms with Crippen molar-refractivity contribution in [3.05, 3.63) is 22.6 Å². The maximum Gasteiger partial charge on any atom is 0.258 e. The van der Waals surface area contributed by atoms with Crippen LogP contribution in [-0.4, -0.2) is 47.9 Å². The van der Waals surface area contributed by atoms with E-state index < -0.39 is 0 Å². The Balaban J connectivity index is 2.15. The summed E-state index contributed by atoms with van der Waals surface area (Å²) in [6.07, 6.45) is 1.53. The molecule has 1 aromatic heterocycles. The lowest BCUT2D eigenvalue weighted by atomic mass is 9.99. The van der Waals surface area contributed by atoms with Gasteiger partial charge in [0.2, 0.25) is 0 Å². The Kier molecular flexibility index (Phi) is 3.32. The number of halogens is 1. The minimum absolute atomic E-state index is 0.0180. The van der Waals surface area contributed by atoms with Crippen molar-refractivity contribution in [3.8, 4) is 0 Å². The molecule has 1 aliphatic rings. The highest BCUT2D eigenvalue weighted by atomic mass is 79.9. The molecule has 0 N–H and O–H groups in total. The summed E-state index contributed by atoms with van der Waals surface area (Å²) in [5.41, 5.74) is 0.620. The van der Waals surface area contributed by atoms with E-state index in [4.69, 9.17) is 4.42 Å². The first-order valence-electron chi connectivity index (χ1n) is 5.65. The normalized spacial score (nSPS) is 20.6. The van der Waals surface area contributed by atoms with Gasteiger partial charge in [-0.2, -0.15) is 0 Å². The minimum Gasteiger partial charge on any atom is -0.457 e. The zero-order valence-electron chi connectivity index (χ0n) is 10.4. The van der Waals surface area contributed by atoms with Crippen LogP contribution in [0, 0.1) is 0 Å². The summed E-state index contributed by atoms with van der Waals surface area (Å²) in [5.74, 6) is 0.0341. The Morgan fingerprint density at radius 3 is 2.71 bits per heavy atom. The molecule has 1 aliphatic heterocycles. The lowest BCUT2D eigenvalue weighted by molar-refractivity contribution is 0.0310. The quantitative estimate of drug-likeness (QED) is 0.798. The number of likely N-dealkylation sites (N-methyl/N-ethyl adjacent to an activating group) is 1. The summed E-state index contributed by atoms with van der Waals surface area (Å²) in [7, 11) is 2.09. The fraction of sp³-hybridized carbons (Fsp3) is 0.583. The van der Waals surface area contributed by atoms with Gasteiger partial charge < -0.3 is 9.32 Å². The van der Waals surface area contributed by atoms with Gasteiger partial charge in [0.15, 0.2) is 4.67 Å². The number of nitrogens with zero attached hydrogens (tertiary/aromatic N) is 2. The largest absolute Gasteiger partial charge is 0.457 e. The molecule has 2 heterocycles. The SMILES string of the molecule is CN1CCN(C(=O)c2ccoc2Br)CC1(C)C. The van der Waals surface area contributed by atoms with Gasteiger partial charge in [0, 0.05) is 25.2 Å². The second kappa shape index (κ2) is 4.46. The van der Waals surface area contributed by atoms with Gasteiger partial charge in [-0.3, -0.25) is 9.69 Å². The number of carbonyl (C=O) groups excluding carboxylic acids is 1. The van der Waals surface area contributed by atoms with Crippen molar-refractivity contribution >= 4 is 21.8 Å². The summed E-state index contributed by atoms with van der Waals surface area (Å²) in [6.45, 7) is 6.69. The lowest BCUT2D eigenvalue weighted by Gasteiger charge is -2.45. The van der Waals surface area contributed by atoms with Crippen LogP contribution in [0.4, 0.5) is 0 Å². The molecule has 1 fully saturated rings. The summed E-state index contributed by atoms with van der Waals surface area (Å²) < 4.78 is 5.62. The molecule has 0 aliphatic carbocycles. The molecule has 1 amide bonds. The molecule has 0 spiro atoms. The molecule has 2 rings (SSSR count). The fourth-order valence-electron chi connectivity index (χ4n) is 2.03. The van der Waals surface area contributed by atoms with E-state index in [1.807, 2.05) is 4.90 Å². The Bertz CT molecular complexity index is 428. The molecule has 94 valence electrons. The Hall–Kier alpha value is -0.810. The number of piperazine rings is 1. The number of rotatable bonds is 1. The first-order valence-corrected chi connectivity index (χ1v) is 6.44. The molecule has 17 heavy (non-hydrogen) atoms. The third kappa shape index (κ3) is 2.40. The van der Waals surface area contributed by atoms with Crippen LogP contribution in [0.5, 0.6) is 0 Å². The summed E-state index contributed by atoms with van der Waals surface area (Å²) in [6, 6.07) is 1.71. The molecule has 4 nitrogen and oxygen atoms in total. The van der Waals surface area contributed by atoms with Gasteiger partial charge in [-0.05, 0) is 42.9 Å². The van der Waals surface area contributed by atoms with Gasteiger partial charge in [-0.15, -0.1) is 0 Å². The van der Waals surface area contributed by atoms with E-state index in [1.165, 1.54) is 6.26 Å². The molecule has 5 heteroatoms. The van der Waals surface area contributed by atoms with Gasteiger partial charge in [0.1, 0.15) is 0 Å². The topological polar surface area (TPSA) is 36.7 Å². The molecule has 0 saturated carbocycles. The molecule has 0 aromatic carbocycles. The standard InChI is InChI=1S/C12H17BrN2O2/c1-12(2)8-15(6-5-14(12)3)11(16)9-4-7-17-10(9)13/h4,7H,5-6,8H2,1-3H3. The molecule has 1 saturated heterocycles. The van der Waals surface area contributed by atoms with Gasteiger partial charge in [-0.25, -0.2) is 0 Å². The highest BCUT2D eigenvalue weighted by Gasteiger charge is 2.34. The third-order valence-electron chi connectivity index (χ3n) is 3.45. The van der Waals surface area contributed by atoms with E-state index in [-0.39, 0.29) is 11.4 Å². The van der Waals surface area contributed by atoms with Gasteiger partial charge in [0.25, 0.3) is 5.91 Å². The van der Waals surface area contributed by atoms with E-state index in [2.05, 4.69) is 41.7 Å². The van der Waals surface area contributed by atoms with Gasteiger partial charge in [-0.1, -0.05) is 0 Å². The van der Waals surface area contributed by atoms with Crippen LogP contribution in [-0.2, 0) is 0 Å². The number of hydrogen-bond donors (Lipinski definition) is 0. The Morgan fingerprint density at radius 1 is 1.47 bits per heavy atom. The first kappa shape index (κ1) is 12.6. The van der Waals surface area contributed by atoms with Crippen molar-refractivity contribution in [2.75, 3.05) is 26.7 Å². The second-order valence-corrected chi connectivity index (χ2v) is 5.79. The van der Waals surface area contributed by atoms with E-state index >= 15 is 0 Å². The zero-order valence-corrected chi connectivity index (χ0v) is 12.0. The highest BCUT2D eigenvalue weighted by molar-refractivity contribution is 9.10. The molecule has 0 unspecified atom stereocenters. The van der Waals surface area contributed by atoms with Crippen LogP contribution in [0.1, 0.15) is 24.2 Å².